The molecule has 0 saturated carbocycles. The van der Waals surface area contributed by atoms with Crippen LogP contribution in [-0.2, 0) is 4.74 Å². The fourth-order valence-corrected chi connectivity index (χ4v) is 3.00. The maximum Gasteiger partial charge on any atom is 0.266 e. The smallest absolute Gasteiger partial charge is 0.266 e. The predicted molar refractivity (Wildman–Crippen MR) is 95.9 cm³/mol. The van der Waals surface area contributed by atoms with Crippen molar-refractivity contribution in [1.82, 2.24) is 14.5 Å². The quantitative estimate of drug-likeness (QED) is 0.676. The van der Waals surface area contributed by atoms with Gasteiger partial charge < -0.3 is 9.64 Å². The second kappa shape index (κ2) is 6.33. The van der Waals surface area contributed by atoms with Crippen LogP contribution in [0.4, 0.5) is 5.95 Å². The first-order chi connectivity index (χ1) is 11.7. The minimum absolute atomic E-state index is 0.122. The van der Waals surface area contributed by atoms with Crippen LogP contribution in [0.5, 0.6) is 0 Å². The Morgan fingerprint density at radius 2 is 1.83 bits per heavy atom. The van der Waals surface area contributed by atoms with Crippen LogP contribution in [0, 0.1) is 0 Å². The zero-order valence-electron chi connectivity index (χ0n) is 12.9. The van der Waals surface area contributed by atoms with Gasteiger partial charge in [0.05, 0.1) is 24.1 Å². The molecule has 3 heterocycles. The number of benzene rings is 1. The summed E-state index contributed by atoms with van der Waals surface area (Å²) in [6.45, 7) is 2.88. The highest BCUT2D eigenvalue weighted by Gasteiger charge is 2.15. The standard InChI is InChI=1S/C17H15BrN4O2/c18-12-1-3-13(4-2-12)22-6-5-15-14(16(22)23)11-19-17(20-15)21-7-9-24-10-8-21/h1-6,11H,7-10H2. The normalized spacial score (nSPS) is 15.0. The van der Waals surface area contributed by atoms with Crippen LogP contribution in [0.1, 0.15) is 0 Å². The average Bonchev–Trinajstić information content (AvgIpc) is 2.63. The number of fused-ring (bicyclic) bond motifs is 1. The van der Waals surface area contributed by atoms with Crippen molar-refractivity contribution in [3.05, 3.63) is 57.6 Å². The van der Waals surface area contributed by atoms with E-state index in [9.17, 15) is 4.79 Å². The van der Waals surface area contributed by atoms with Crippen LogP contribution in [0.3, 0.4) is 0 Å². The van der Waals surface area contributed by atoms with Gasteiger partial charge in [0.15, 0.2) is 0 Å². The van der Waals surface area contributed by atoms with E-state index in [0.29, 0.717) is 30.1 Å². The van der Waals surface area contributed by atoms with Crippen molar-refractivity contribution in [2.75, 3.05) is 31.2 Å². The number of morpholine rings is 1. The first-order valence-electron chi connectivity index (χ1n) is 7.69. The molecule has 1 aliphatic rings. The van der Waals surface area contributed by atoms with Gasteiger partial charge in [-0.15, -0.1) is 0 Å². The summed E-state index contributed by atoms with van der Waals surface area (Å²) in [6, 6.07) is 9.44. The molecule has 0 bridgehead atoms. The molecule has 1 fully saturated rings. The summed E-state index contributed by atoms with van der Waals surface area (Å²) in [5, 5.41) is 0.512. The highest BCUT2D eigenvalue weighted by molar-refractivity contribution is 9.10. The van der Waals surface area contributed by atoms with Crippen molar-refractivity contribution in [2.24, 2.45) is 0 Å². The molecule has 24 heavy (non-hydrogen) atoms. The lowest BCUT2D eigenvalue weighted by Crippen LogP contribution is -2.37. The zero-order valence-corrected chi connectivity index (χ0v) is 14.4. The van der Waals surface area contributed by atoms with E-state index in [1.165, 1.54) is 0 Å². The van der Waals surface area contributed by atoms with E-state index >= 15 is 0 Å². The van der Waals surface area contributed by atoms with Gasteiger partial charge >= 0.3 is 0 Å². The molecule has 4 rings (SSSR count). The first kappa shape index (κ1) is 15.3. The number of rotatable bonds is 2. The maximum atomic E-state index is 12.7. The van der Waals surface area contributed by atoms with Gasteiger partial charge in [0.1, 0.15) is 0 Å². The minimum Gasteiger partial charge on any atom is -0.378 e. The lowest BCUT2D eigenvalue weighted by Gasteiger charge is -2.26. The van der Waals surface area contributed by atoms with E-state index < -0.39 is 0 Å². The fourth-order valence-electron chi connectivity index (χ4n) is 2.74. The number of hydrogen-bond donors (Lipinski definition) is 0. The number of pyridine rings is 1. The van der Waals surface area contributed by atoms with E-state index in [4.69, 9.17) is 4.74 Å². The Balaban J connectivity index is 1.76. The molecule has 1 aliphatic heterocycles. The SMILES string of the molecule is O=c1c2cnc(N3CCOCC3)nc2ccn1-c1ccc(Br)cc1. The fraction of sp³-hybridized carbons (Fsp3) is 0.235. The molecule has 0 radical (unpaired) electrons. The van der Waals surface area contributed by atoms with E-state index in [-0.39, 0.29) is 5.56 Å². The number of aromatic nitrogens is 3. The van der Waals surface area contributed by atoms with Gasteiger partial charge in [-0.3, -0.25) is 9.36 Å². The molecule has 3 aromatic rings. The Kier molecular flexibility index (Phi) is 4.03. The number of hydrogen-bond acceptors (Lipinski definition) is 5. The van der Waals surface area contributed by atoms with E-state index in [1.54, 1.807) is 17.0 Å². The van der Waals surface area contributed by atoms with Crippen molar-refractivity contribution in [3.8, 4) is 5.69 Å². The molecule has 1 saturated heterocycles. The molecule has 6 nitrogen and oxygen atoms in total. The number of halogens is 1. The Labute approximate surface area is 146 Å². The van der Waals surface area contributed by atoms with Crippen molar-refractivity contribution in [2.45, 2.75) is 0 Å². The van der Waals surface area contributed by atoms with Crippen LogP contribution in [-0.4, -0.2) is 40.8 Å². The van der Waals surface area contributed by atoms with Crippen molar-refractivity contribution in [1.29, 1.82) is 0 Å². The Morgan fingerprint density at radius 1 is 1.08 bits per heavy atom. The third-order valence-electron chi connectivity index (χ3n) is 4.03. The molecule has 1 aromatic carbocycles. The van der Waals surface area contributed by atoms with Gasteiger partial charge in [0, 0.05) is 35.6 Å². The molecule has 122 valence electrons. The largest absolute Gasteiger partial charge is 0.378 e. The molecule has 2 aromatic heterocycles. The molecule has 0 aliphatic carbocycles. The molecule has 0 spiro atoms. The van der Waals surface area contributed by atoms with Gasteiger partial charge in [0.25, 0.3) is 5.56 Å². The van der Waals surface area contributed by atoms with Crippen molar-refractivity contribution in [3.63, 3.8) is 0 Å². The van der Waals surface area contributed by atoms with Crippen LogP contribution in [0.25, 0.3) is 16.6 Å². The highest BCUT2D eigenvalue weighted by atomic mass is 79.9. The number of ether oxygens (including phenoxy) is 1. The molecule has 0 unspecified atom stereocenters. The lowest BCUT2D eigenvalue weighted by atomic mass is 10.2. The Hall–Kier alpha value is -2.25. The molecule has 0 amide bonds. The summed E-state index contributed by atoms with van der Waals surface area (Å²) in [6.07, 6.45) is 3.37. The summed E-state index contributed by atoms with van der Waals surface area (Å²) >= 11 is 3.40. The predicted octanol–water partition coefficient (Wildman–Crippen LogP) is 2.38. The molecular formula is C17H15BrN4O2. The second-order valence-electron chi connectivity index (χ2n) is 5.54. The summed E-state index contributed by atoms with van der Waals surface area (Å²) < 4.78 is 7.92. The van der Waals surface area contributed by atoms with Crippen LogP contribution >= 0.6 is 15.9 Å². The van der Waals surface area contributed by atoms with Crippen LogP contribution in [0.2, 0.25) is 0 Å². The van der Waals surface area contributed by atoms with Gasteiger partial charge in [-0.05, 0) is 30.3 Å². The third kappa shape index (κ3) is 2.81. The molecule has 0 atom stereocenters. The highest BCUT2D eigenvalue weighted by Crippen LogP contribution is 2.16. The van der Waals surface area contributed by atoms with E-state index in [0.717, 1.165) is 23.2 Å². The summed E-state index contributed by atoms with van der Waals surface area (Å²) in [4.78, 5) is 23.7. The number of anilines is 1. The number of nitrogens with zero attached hydrogens (tertiary/aromatic N) is 4. The lowest BCUT2D eigenvalue weighted by molar-refractivity contribution is 0.122. The van der Waals surface area contributed by atoms with Crippen molar-refractivity contribution < 1.29 is 4.74 Å². The third-order valence-corrected chi connectivity index (χ3v) is 4.56. The monoisotopic (exact) mass is 386 g/mol. The summed E-state index contributed by atoms with van der Waals surface area (Å²) in [5.41, 5.74) is 1.34. The Morgan fingerprint density at radius 3 is 2.58 bits per heavy atom. The minimum atomic E-state index is -0.122. The maximum absolute atomic E-state index is 12.7. The van der Waals surface area contributed by atoms with Gasteiger partial charge in [-0.25, -0.2) is 9.97 Å². The zero-order chi connectivity index (χ0) is 16.5. The summed E-state index contributed by atoms with van der Waals surface area (Å²) in [7, 11) is 0. The summed E-state index contributed by atoms with van der Waals surface area (Å²) in [5.74, 6) is 0.645. The molecule has 0 N–H and O–H groups in total. The average molecular weight is 387 g/mol. The van der Waals surface area contributed by atoms with Gasteiger partial charge in [-0.2, -0.15) is 0 Å². The molecular weight excluding hydrogens is 372 g/mol. The Bertz CT molecular complexity index is 933. The van der Waals surface area contributed by atoms with E-state index in [1.807, 2.05) is 30.3 Å². The van der Waals surface area contributed by atoms with Gasteiger partial charge in [0.2, 0.25) is 5.95 Å². The van der Waals surface area contributed by atoms with Crippen LogP contribution < -0.4 is 10.5 Å². The van der Waals surface area contributed by atoms with Gasteiger partial charge in [-0.1, -0.05) is 15.9 Å². The first-order valence-corrected chi connectivity index (χ1v) is 8.49. The van der Waals surface area contributed by atoms with Crippen LogP contribution in [0.15, 0.2) is 52.0 Å². The topological polar surface area (TPSA) is 60.3 Å². The second-order valence-corrected chi connectivity index (χ2v) is 6.45. The van der Waals surface area contributed by atoms with E-state index in [2.05, 4.69) is 30.8 Å². The van der Waals surface area contributed by atoms with Crippen molar-refractivity contribution >= 4 is 32.8 Å². The molecule has 7 heteroatoms.